The van der Waals surface area contributed by atoms with E-state index >= 15 is 0 Å². The van der Waals surface area contributed by atoms with Crippen molar-refractivity contribution in [2.24, 2.45) is 0 Å². The van der Waals surface area contributed by atoms with Gasteiger partial charge in [-0.15, -0.1) is 11.3 Å². The number of aromatic nitrogens is 3. The van der Waals surface area contributed by atoms with Crippen molar-refractivity contribution in [2.75, 3.05) is 13.1 Å². The lowest BCUT2D eigenvalue weighted by Crippen LogP contribution is -2.46. The highest BCUT2D eigenvalue weighted by molar-refractivity contribution is 7.13. The van der Waals surface area contributed by atoms with Gasteiger partial charge in [0.15, 0.2) is 0 Å². The summed E-state index contributed by atoms with van der Waals surface area (Å²) in [5.74, 6) is -0.00954. The molecule has 1 N–H and O–H groups in total. The molecular weight excluding hydrogens is 394 g/mol. The van der Waals surface area contributed by atoms with Gasteiger partial charge in [-0.25, -0.2) is 9.67 Å². The second kappa shape index (κ2) is 8.03. The Bertz CT molecular complexity index is 976. The molecule has 1 atom stereocenters. The highest BCUT2D eigenvalue weighted by Gasteiger charge is 2.30. The van der Waals surface area contributed by atoms with Gasteiger partial charge in [0, 0.05) is 35.8 Å². The zero-order valence-corrected chi connectivity index (χ0v) is 17.4. The average molecular weight is 416 g/mol. The predicted octanol–water partition coefficient (Wildman–Crippen LogP) is 3.86. The predicted molar refractivity (Wildman–Crippen MR) is 112 cm³/mol. The Kier molecular flexibility index (Phi) is 5.48. The van der Waals surface area contributed by atoms with Crippen LogP contribution in [0.1, 0.15) is 30.8 Å². The molecule has 1 saturated heterocycles. The van der Waals surface area contributed by atoms with Crippen LogP contribution >= 0.6 is 22.9 Å². The molecule has 4 rings (SSSR count). The van der Waals surface area contributed by atoms with Crippen LogP contribution in [0.3, 0.4) is 0 Å². The molecule has 1 fully saturated rings. The zero-order chi connectivity index (χ0) is 19.7. The van der Waals surface area contributed by atoms with Crippen molar-refractivity contribution in [3.63, 3.8) is 0 Å². The molecular formula is C20H22ClN5OS. The lowest BCUT2D eigenvalue weighted by atomic mass is 10.1. The number of carbonyl (C=O) groups is 1. The Balaban J connectivity index is 1.58. The Hall–Kier alpha value is -2.22. The first kappa shape index (κ1) is 19.1. The van der Waals surface area contributed by atoms with E-state index in [-0.39, 0.29) is 18.0 Å². The summed E-state index contributed by atoms with van der Waals surface area (Å²) >= 11 is 7.71. The minimum atomic E-state index is -0.00954. The summed E-state index contributed by atoms with van der Waals surface area (Å²) in [5.41, 5.74) is 2.16. The molecule has 0 aliphatic carbocycles. The number of rotatable bonds is 5. The van der Waals surface area contributed by atoms with Gasteiger partial charge in [-0.1, -0.05) is 23.7 Å². The third-order valence-corrected chi connectivity index (χ3v) is 6.08. The molecule has 1 aromatic carbocycles. The molecule has 0 radical (unpaired) electrons. The van der Waals surface area contributed by atoms with Gasteiger partial charge in [-0.3, -0.25) is 4.79 Å². The fourth-order valence-electron chi connectivity index (χ4n) is 3.54. The summed E-state index contributed by atoms with van der Waals surface area (Å²) in [5, 5.41) is 11.0. The van der Waals surface area contributed by atoms with Crippen LogP contribution in [0.2, 0.25) is 5.02 Å². The van der Waals surface area contributed by atoms with Crippen LogP contribution in [-0.4, -0.2) is 50.7 Å². The molecule has 1 aliphatic heterocycles. The number of para-hydroxylation sites is 1. The quantitative estimate of drug-likeness (QED) is 0.687. The third kappa shape index (κ3) is 3.70. The lowest BCUT2D eigenvalue weighted by molar-refractivity contribution is 0.0621. The zero-order valence-electron chi connectivity index (χ0n) is 15.8. The summed E-state index contributed by atoms with van der Waals surface area (Å²) < 4.78 is 1.73. The molecule has 8 heteroatoms. The van der Waals surface area contributed by atoms with Crippen LogP contribution < -0.4 is 5.32 Å². The summed E-state index contributed by atoms with van der Waals surface area (Å²) in [7, 11) is 0. The van der Waals surface area contributed by atoms with Crippen molar-refractivity contribution < 1.29 is 4.79 Å². The second-order valence-electron chi connectivity index (χ2n) is 7.12. The molecule has 6 nitrogen and oxygen atoms in total. The molecule has 0 spiro atoms. The normalized spacial score (nSPS) is 16.6. The molecule has 146 valence electrons. The van der Waals surface area contributed by atoms with E-state index in [0.717, 1.165) is 35.8 Å². The maximum absolute atomic E-state index is 13.1. The van der Waals surface area contributed by atoms with Crippen molar-refractivity contribution in [3.8, 4) is 16.3 Å². The largest absolute Gasteiger partial charge is 0.331 e. The number of nitrogens with zero attached hydrogens (tertiary/aromatic N) is 4. The van der Waals surface area contributed by atoms with Crippen LogP contribution in [0.5, 0.6) is 0 Å². The van der Waals surface area contributed by atoms with Gasteiger partial charge < -0.3 is 10.2 Å². The van der Waals surface area contributed by atoms with E-state index in [2.05, 4.69) is 29.2 Å². The molecule has 2 aromatic heterocycles. The van der Waals surface area contributed by atoms with Crippen LogP contribution in [0.25, 0.3) is 16.3 Å². The van der Waals surface area contributed by atoms with Crippen molar-refractivity contribution in [3.05, 3.63) is 52.8 Å². The van der Waals surface area contributed by atoms with E-state index in [9.17, 15) is 4.79 Å². The standard InChI is InChI=1S/C20H22ClN5OS/c1-13(2)26(15-7-8-22-10-15)20(27)17-12-28-19(24-17)14-9-23-25(11-14)18-6-4-3-5-16(18)21/h3-6,9,11-13,15,22H,7-8,10H2,1-2H3/t15-/m0/s1. The Morgan fingerprint density at radius 3 is 2.93 bits per heavy atom. The number of hydrogen-bond donors (Lipinski definition) is 1. The Morgan fingerprint density at radius 2 is 2.21 bits per heavy atom. The number of amides is 1. The number of benzene rings is 1. The summed E-state index contributed by atoms with van der Waals surface area (Å²) in [6.45, 7) is 5.89. The number of thiazole rings is 1. The summed E-state index contributed by atoms with van der Waals surface area (Å²) in [4.78, 5) is 19.6. The Morgan fingerprint density at radius 1 is 1.39 bits per heavy atom. The van der Waals surface area contributed by atoms with E-state index in [1.54, 1.807) is 10.9 Å². The van der Waals surface area contributed by atoms with Gasteiger partial charge in [0.25, 0.3) is 5.91 Å². The smallest absolute Gasteiger partial charge is 0.273 e. The van der Waals surface area contributed by atoms with E-state index in [4.69, 9.17) is 11.6 Å². The lowest BCUT2D eigenvalue weighted by Gasteiger charge is -2.31. The van der Waals surface area contributed by atoms with Crippen molar-refractivity contribution in [2.45, 2.75) is 32.4 Å². The molecule has 1 aliphatic rings. The van der Waals surface area contributed by atoms with E-state index < -0.39 is 0 Å². The minimum Gasteiger partial charge on any atom is -0.331 e. The maximum atomic E-state index is 13.1. The van der Waals surface area contributed by atoms with Gasteiger partial charge in [-0.2, -0.15) is 5.10 Å². The monoisotopic (exact) mass is 415 g/mol. The molecule has 0 saturated carbocycles. The van der Waals surface area contributed by atoms with E-state index in [0.29, 0.717) is 10.7 Å². The van der Waals surface area contributed by atoms with Crippen LogP contribution in [-0.2, 0) is 0 Å². The van der Waals surface area contributed by atoms with Gasteiger partial charge >= 0.3 is 0 Å². The van der Waals surface area contributed by atoms with Crippen LogP contribution in [0, 0.1) is 0 Å². The SMILES string of the molecule is CC(C)N(C(=O)c1csc(-c2cnn(-c3ccccc3Cl)c2)n1)[C@H]1CCNC1. The molecule has 28 heavy (non-hydrogen) atoms. The second-order valence-corrected chi connectivity index (χ2v) is 8.38. The van der Waals surface area contributed by atoms with Gasteiger partial charge in [0.2, 0.25) is 0 Å². The molecule has 0 unspecified atom stereocenters. The van der Waals surface area contributed by atoms with Gasteiger partial charge in [-0.05, 0) is 38.9 Å². The highest BCUT2D eigenvalue weighted by atomic mass is 35.5. The molecule has 1 amide bonds. The first-order chi connectivity index (χ1) is 13.5. The maximum Gasteiger partial charge on any atom is 0.273 e. The first-order valence-electron chi connectivity index (χ1n) is 9.33. The summed E-state index contributed by atoms with van der Waals surface area (Å²) in [6, 6.07) is 7.89. The highest BCUT2D eigenvalue weighted by Crippen LogP contribution is 2.27. The fourth-order valence-corrected chi connectivity index (χ4v) is 4.53. The Labute approximate surface area is 173 Å². The minimum absolute atomic E-state index is 0.00954. The van der Waals surface area contributed by atoms with Crippen molar-refractivity contribution in [1.82, 2.24) is 25.0 Å². The van der Waals surface area contributed by atoms with Crippen LogP contribution in [0.4, 0.5) is 0 Å². The van der Waals surface area contributed by atoms with E-state index in [1.807, 2.05) is 40.7 Å². The van der Waals surface area contributed by atoms with Crippen molar-refractivity contribution >= 4 is 28.8 Å². The molecule has 3 aromatic rings. The van der Waals surface area contributed by atoms with E-state index in [1.165, 1.54) is 11.3 Å². The van der Waals surface area contributed by atoms with Crippen LogP contribution in [0.15, 0.2) is 42.0 Å². The van der Waals surface area contributed by atoms with Gasteiger partial charge in [0.1, 0.15) is 10.7 Å². The number of hydrogen-bond acceptors (Lipinski definition) is 5. The fraction of sp³-hybridized carbons (Fsp3) is 0.350. The average Bonchev–Trinajstić information content (AvgIpc) is 3.43. The summed E-state index contributed by atoms with van der Waals surface area (Å²) in [6.07, 6.45) is 4.61. The molecule has 3 heterocycles. The van der Waals surface area contributed by atoms with Crippen molar-refractivity contribution in [1.29, 1.82) is 0 Å². The van der Waals surface area contributed by atoms with Gasteiger partial charge in [0.05, 0.1) is 16.9 Å². The number of carbonyl (C=O) groups excluding carboxylic acids is 1. The third-order valence-electron chi connectivity index (χ3n) is 4.87. The first-order valence-corrected chi connectivity index (χ1v) is 10.6. The topological polar surface area (TPSA) is 63.1 Å². The number of nitrogens with one attached hydrogen (secondary N) is 1. The number of halogens is 1. The molecule has 0 bridgehead atoms.